The molecule has 10 heteroatoms. The fourth-order valence-corrected chi connectivity index (χ4v) is 6.29. The molecule has 1 fully saturated rings. The summed E-state index contributed by atoms with van der Waals surface area (Å²) in [6.45, 7) is 12.3. The summed E-state index contributed by atoms with van der Waals surface area (Å²) in [6.07, 6.45) is 2.25. The van der Waals surface area contributed by atoms with Crippen LogP contribution in [0.3, 0.4) is 0 Å². The number of hydrogen-bond acceptors (Lipinski definition) is 8. The molecular weight excluding hydrogens is 587 g/mol. The number of aryl methyl sites for hydroxylation is 1. The molecule has 7 rings (SSSR count). The molecule has 2 aromatic heterocycles. The van der Waals surface area contributed by atoms with Crippen LogP contribution in [-0.4, -0.2) is 65.2 Å². The number of ether oxygens (including phenoxy) is 4. The number of piperidine rings is 1. The number of fused-ring (bicyclic) bond motifs is 7. The van der Waals surface area contributed by atoms with E-state index in [0.717, 1.165) is 42.6 Å². The summed E-state index contributed by atoms with van der Waals surface area (Å²) in [5.74, 6) is 0.553. The van der Waals surface area contributed by atoms with Gasteiger partial charge in [-0.3, -0.25) is 0 Å². The van der Waals surface area contributed by atoms with Gasteiger partial charge >= 0.3 is 5.97 Å². The number of rotatable bonds is 3. The first-order chi connectivity index (χ1) is 21.9. The number of esters is 1. The normalized spacial score (nSPS) is 17.5. The molecule has 0 aliphatic carbocycles. The summed E-state index contributed by atoms with van der Waals surface area (Å²) in [5, 5.41) is 5.09. The first-order valence-corrected chi connectivity index (χ1v) is 16.0. The van der Waals surface area contributed by atoms with Crippen molar-refractivity contribution in [2.75, 3.05) is 38.3 Å². The van der Waals surface area contributed by atoms with Gasteiger partial charge in [-0.05, 0) is 90.1 Å². The Balaban J connectivity index is 1.55. The lowest BCUT2D eigenvalue weighted by Gasteiger charge is -2.41. The second-order valence-corrected chi connectivity index (χ2v) is 13.4. The molecule has 46 heavy (non-hydrogen) atoms. The Morgan fingerprint density at radius 3 is 2.52 bits per heavy atom. The summed E-state index contributed by atoms with van der Waals surface area (Å²) in [4.78, 5) is 20.5. The molecule has 3 aliphatic heterocycles. The maximum Gasteiger partial charge on any atom is 0.339 e. The number of benzene rings is 2. The van der Waals surface area contributed by atoms with Gasteiger partial charge < -0.3 is 23.8 Å². The second kappa shape index (κ2) is 12.6. The van der Waals surface area contributed by atoms with Crippen LogP contribution in [-0.2, 0) is 19.0 Å². The number of carbonyl (C=O) groups excluding carboxylic acids is 1. The summed E-state index contributed by atoms with van der Waals surface area (Å²) in [7, 11) is 1.37. The topological polar surface area (TPSA) is 87.4 Å². The van der Waals surface area contributed by atoms with Crippen LogP contribution in [0, 0.1) is 12.7 Å². The zero-order valence-electron chi connectivity index (χ0n) is 27.6. The van der Waals surface area contributed by atoms with Crippen LogP contribution < -0.4 is 9.64 Å². The fourth-order valence-electron chi connectivity index (χ4n) is 6.29. The molecule has 4 aromatic rings. The minimum atomic E-state index is -1.01. The third-order valence-corrected chi connectivity index (χ3v) is 8.73. The third kappa shape index (κ3) is 6.59. The summed E-state index contributed by atoms with van der Waals surface area (Å²) < 4.78 is 40.6. The predicted octanol–water partition coefficient (Wildman–Crippen LogP) is 7.09. The Labute approximate surface area is 269 Å². The lowest BCUT2D eigenvalue weighted by Crippen LogP contribution is -2.46. The maximum absolute atomic E-state index is 14.5. The molecular formula is C36H43FN4O5. The lowest BCUT2D eigenvalue weighted by atomic mass is 9.92. The van der Waals surface area contributed by atoms with Crippen molar-refractivity contribution in [3.63, 3.8) is 0 Å². The van der Waals surface area contributed by atoms with E-state index in [9.17, 15) is 9.18 Å². The summed E-state index contributed by atoms with van der Waals surface area (Å²) in [5.41, 5.74) is 4.05. The van der Waals surface area contributed by atoms with Crippen molar-refractivity contribution in [1.82, 2.24) is 14.6 Å². The van der Waals surface area contributed by atoms with Gasteiger partial charge in [0.25, 0.3) is 0 Å². The molecule has 244 valence electrons. The van der Waals surface area contributed by atoms with Crippen molar-refractivity contribution >= 4 is 17.4 Å². The zero-order chi connectivity index (χ0) is 32.6. The molecule has 0 saturated carbocycles. The van der Waals surface area contributed by atoms with Gasteiger partial charge in [0.05, 0.1) is 36.2 Å². The molecule has 2 aromatic carbocycles. The van der Waals surface area contributed by atoms with E-state index in [-0.39, 0.29) is 11.4 Å². The Morgan fingerprint density at radius 2 is 1.78 bits per heavy atom. The highest BCUT2D eigenvalue weighted by Crippen LogP contribution is 2.39. The smallest absolute Gasteiger partial charge is 0.339 e. The zero-order valence-corrected chi connectivity index (χ0v) is 27.6. The van der Waals surface area contributed by atoms with E-state index in [4.69, 9.17) is 29.0 Å². The van der Waals surface area contributed by atoms with E-state index in [2.05, 4.69) is 11.8 Å². The number of aromatic nitrogens is 3. The maximum atomic E-state index is 14.5. The predicted molar refractivity (Wildman–Crippen MR) is 175 cm³/mol. The lowest BCUT2D eigenvalue weighted by molar-refractivity contribution is -0.164. The van der Waals surface area contributed by atoms with Gasteiger partial charge in [0.15, 0.2) is 11.8 Å². The van der Waals surface area contributed by atoms with Gasteiger partial charge in [0.1, 0.15) is 17.4 Å². The molecule has 1 atom stereocenters. The molecule has 6 bridgehead atoms. The number of hydrogen-bond donors (Lipinski definition) is 0. The largest absolute Gasteiger partial charge is 0.493 e. The van der Waals surface area contributed by atoms with Crippen molar-refractivity contribution in [3.8, 4) is 28.1 Å². The molecule has 9 nitrogen and oxygen atoms in total. The summed E-state index contributed by atoms with van der Waals surface area (Å²) >= 11 is 0. The van der Waals surface area contributed by atoms with Gasteiger partial charge in [-0.15, -0.1) is 0 Å². The van der Waals surface area contributed by atoms with Gasteiger partial charge in [0.2, 0.25) is 0 Å². The molecule has 0 spiro atoms. The first kappa shape index (κ1) is 31.9. The van der Waals surface area contributed by atoms with Crippen LogP contribution in [0.25, 0.3) is 28.0 Å². The van der Waals surface area contributed by atoms with E-state index >= 15 is 0 Å². The molecule has 0 amide bonds. The van der Waals surface area contributed by atoms with Crippen molar-refractivity contribution in [1.29, 1.82) is 0 Å². The minimum Gasteiger partial charge on any atom is -0.493 e. The van der Waals surface area contributed by atoms with Crippen molar-refractivity contribution in [3.05, 3.63) is 65.6 Å². The Morgan fingerprint density at radius 1 is 1.04 bits per heavy atom. The van der Waals surface area contributed by atoms with Crippen molar-refractivity contribution < 1.29 is 28.1 Å². The Bertz CT molecular complexity index is 1740. The van der Waals surface area contributed by atoms with Crippen molar-refractivity contribution in [2.24, 2.45) is 0 Å². The van der Waals surface area contributed by atoms with E-state index < -0.39 is 17.7 Å². The van der Waals surface area contributed by atoms with Crippen LogP contribution in [0.1, 0.15) is 70.7 Å². The van der Waals surface area contributed by atoms with Gasteiger partial charge in [-0.1, -0.05) is 18.2 Å². The standard InChI is InChI=1S/C36H43FN4O5/c1-23-31(32(34(42)43-6)46-35(2,3)4)33-40-16-14-36(5,15-17-40)45-19-8-7-18-44-29-13-12-26(37)21-27(29)24-10-9-11-25(20-24)28-22-30(38-23)41(33)39-28/h9-13,20-22,32H,7-8,14-19H2,1-6H3/t32-/m0/s1. The van der Waals surface area contributed by atoms with Crippen molar-refractivity contribution in [2.45, 2.75) is 77.6 Å². The highest BCUT2D eigenvalue weighted by molar-refractivity contribution is 5.81. The number of nitrogens with zero attached hydrogens (tertiary/aromatic N) is 4. The van der Waals surface area contributed by atoms with E-state index in [0.29, 0.717) is 60.2 Å². The Hall–Kier alpha value is -4.02. The number of carbonyl (C=O) groups is 1. The second-order valence-electron chi connectivity index (χ2n) is 13.4. The van der Waals surface area contributed by atoms with Crippen LogP contribution >= 0.6 is 0 Å². The SMILES string of the molecule is COC(=O)[C@@H](OC(C)(C)C)c1c(C)nc2cc3nn2c1N1CCC(C)(CC1)OCCCCOc1ccc(F)cc1-c1cccc-3c1. The quantitative estimate of drug-likeness (QED) is 0.222. The number of anilines is 1. The van der Waals surface area contributed by atoms with Crippen LogP contribution in [0.15, 0.2) is 48.5 Å². The molecule has 1 saturated heterocycles. The van der Waals surface area contributed by atoms with E-state index in [1.807, 2.05) is 62.5 Å². The monoisotopic (exact) mass is 630 g/mol. The molecule has 0 unspecified atom stereocenters. The third-order valence-electron chi connectivity index (χ3n) is 8.73. The molecule has 0 N–H and O–H groups in total. The van der Waals surface area contributed by atoms with Crippen LogP contribution in [0.2, 0.25) is 0 Å². The average Bonchev–Trinajstić information content (AvgIpc) is 3.44. The number of halogens is 1. The number of methoxy groups -OCH3 is 1. The minimum absolute atomic E-state index is 0.288. The fraction of sp³-hybridized carbons (Fsp3) is 0.472. The summed E-state index contributed by atoms with van der Waals surface area (Å²) in [6, 6.07) is 14.4. The Kier molecular flexibility index (Phi) is 8.78. The first-order valence-electron chi connectivity index (χ1n) is 16.0. The van der Waals surface area contributed by atoms with Gasteiger partial charge in [-0.2, -0.15) is 9.61 Å². The highest BCUT2D eigenvalue weighted by atomic mass is 19.1. The van der Waals surface area contributed by atoms with E-state index in [1.165, 1.54) is 19.2 Å². The van der Waals surface area contributed by atoms with Crippen LogP contribution in [0.4, 0.5) is 10.2 Å². The average molecular weight is 631 g/mol. The molecule has 0 radical (unpaired) electrons. The molecule has 5 heterocycles. The van der Waals surface area contributed by atoms with Gasteiger partial charge in [-0.25, -0.2) is 14.2 Å². The van der Waals surface area contributed by atoms with Crippen LogP contribution in [0.5, 0.6) is 5.75 Å². The highest BCUT2D eigenvalue weighted by Gasteiger charge is 2.38. The van der Waals surface area contributed by atoms with Gasteiger partial charge in [0, 0.05) is 42.6 Å². The van der Waals surface area contributed by atoms with E-state index in [1.54, 1.807) is 6.07 Å². The molecule has 3 aliphatic rings.